The fourth-order valence-electron chi connectivity index (χ4n) is 2.89. The molecule has 0 saturated heterocycles. The number of hydrogen-bond acceptors (Lipinski definition) is 3. The number of rotatable bonds is 7. The molecular weight excluding hydrogens is 362 g/mol. The Balaban J connectivity index is 1.65. The molecule has 0 aliphatic carbocycles. The van der Waals surface area contributed by atoms with Gasteiger partial charge in [0.05, 0.1) is 6.04 Å². The average molecular weight is 382 g/mol. The fraction of sp³-hybridized carbons (Fsp3) is 0.182. The van der Waals surface area contributed by atoms with Gasteiger partial charge in [0.25, 0.3) is 5.91 Å². The molecule has 1 unspecified atom stereocenters. The molecule has 3 aromatic rings. The zero-order valence-electron chi connectivity index (χ0n) is 14.9. The molecule has 3 aromatic carbocycles. The Morgan fingerprint density at radius 1 is 0.963 bits per heavy atom. The highest BCUT2D eigenvalue weighted by Gasteiger charge is 2.18. The zero-order chi connectivity index (χ0) is 19.2. The van der Waals surface area contributed by atoms with Crippen molar-refractivity contribution in [1.29, 1.82) is 0 Å². The first kappa shape index (κ1) is 18.9. The van der Waals surface area contributed by atoms with Gasteiger partial charge in [-0.3, -0.25) is 9.59 Å². The van der Waals surface area contributed by atoms with Crippen molar-refractivity contribution in [3.05, 3.63) is 77.3 Å². The monoisotopic (exact) mass is 381 g/mol. The van der Waals surface area contributed by atoms with Crippen LogP contribution in [0.5, 0.6) is 5.75 Å². The third-order valence-corrected chi connectivity index (χ3v) is 4.63. The first-order chi connectivity index (χ1) is 13.0. The molecule has 1 atom stereocenters. The SMILES string of the molecule is CC(=O)C(Cc1ccccc1)NC(=O)COc1ccc(Cl)c2ccccc12. The molecular formula is C22H20ClNO3. The highest BCUT2D eigenvalue weighted by molar-refractivity contribution is 6.35. The topological polar surface area (TPSA) is 55.4 Å². The predicted molar refractivity (Wildman–Crippen MR) is 107 cm³/mol. The van der Waals surface area contributed by atoms with E-state index in [2.05, 4.69) is 5.32 Å². The lowest BCUT2D eigenvalue weighted by atomic mass is 10.0. The van der Waals surface area contributed by atoms with Crippen molar-refractivity contribution < 1.29 is 14.3 Å². The molecule has 1 N–H and O–H groups in total. The number of nitrogens with one attached hydrogen (secondary N) is 1. The number of carbonyl (C=O) groups is 2. The van der Waals surface area contributed by atoms with Crippen LogP contribution in [-0.2, 0) is 16.0 Å². The van der Waals surface area contributed by atoms with Crippen LogP contribution in [0.25, 0.3) is 10.8 Å². The normalized spacial score (nSPS) is 11.8. The van der Waals surface area contributed by atoms with E-state index in [9.17, 15) is 9.59 Å². The van der Waals surface area contributed by atoms with Gasteiger partial charge in [-0.25, -0.2) is 0 Å². The van der Waals surface area contributed by atoms with E-state index < -0.39 is 6.04 Å². The molecule has 0 fully saturated rings. The molecule has 138 valence electrons. The van der Waals surface area contributed by atoms with Gasteiger partial charge in [0.15, 0.2) is 12.4 Å². The van der Waals surface area contributed by atoms with Crippen molar-refractivity contribution in [3.63, 3.8) is 0 Å². The first-order valence-corrected chi connectivity index (χ1v) is 9.06. The summed E-state index contributed by atoms with van der Waals surface area (Å²) in [6.07, 6.45) is 0.450. The fourth-order valence-corrected chi connectivity index (χ4v) is 3.11. The molecule has 0 saturated carbocycles. The van der Waals surface area contributed by atoms with E-state index in [4.69, 9.17) is 16.3 Å². The lowest BCUT2D eigenvalue weighted by Gasteiger charge is -2.17. The summed E-state index contributed by atoms with van der Waals surface area (Å²) in [5.74, 6) is 0.141. The minimum Gasteiger partial charge on any atom is -0.483 e. The lowest BCUT2D eigenvalue weighted by molar-refractivity contribution is -0.128. The maximum absolute atomic E-state index is 12.3. The van der Waals surface area contributed by atoms with Gasteiger partial charge in [0, 0.05) is 15.8 Å². The van der Waals surface area contributed by atoms with E-state index in [-0.39, 0.29) is 18.3 Å². The number of Topliss-reactive ketones (excluding diaryl/α,β-unsaturated/α-hetero) is 1. The Labute approximate surface area is 163 Å². The summed E-state index contributed by atoms with van der Waals surface area (Å²) in [7, 11) is 0. The molecule has 27 heavy (non-hydrogen) atoms. The molecule has 0 heterocycles. The van der Waals surface area contributed by atoms with Crippen LogP contribution >= 0.6 is 11.6 Å². The van der Waals surface area contributed by atoms with Crippen molar-refractivity contribution in [2.24, 2.45) is 0 Å². The summed E-state index contributed by atoms with van der Waals surface area (Å²) in [6.45, 7) is 1.30. The number of benzene rings is 3. The van der Waals surface area contributed by atoms with E-state index in [0.717, 1.165) is 16.3 Å². The van der Waals surface area contributed by atoms with Crippen LogP contribution in [0.15, 0.2) is 66.7 Å². The van der Waals surface area contributed by atoms with Crippen LogP contribution in [0.1, 0.15) is 12.5 Å². The first-order valence-electron chi connectivity index (χ1n) is 8.68. The number of amides is 1. The van der Waals surface area contributed by atoms with Gasteiger partial charge in [-0.1, -0.05) is 66.2 Å². The Morgan fingerprint density at radius 3 is 2.33 bits per heavy atom. The third kappa shape index (κ3) is 4.86. The second-order valence-corrected chi connectivity index (χ2v) is 6.71. The smallest absolute Gasteiger partial charge is 0.258 e. The summed E-state index contributed by atoms with van der Waals surface area (Å²) in [4.78, 5) is 24.2. The van der Waals surface area contributed by atoms with E-state index in [1.54, 1.807) is 12.1 Å². The standard InChI is InChI=1S/C22H20ClNO3/c1-15(25)20(13-16-7-3-2-4-8-16)24-22(26)14-27-21-12-11-19(23)17-9-5-6-10-18(17)21/h2-12,20H,13-14H2,1H3,(H,24,26). The minimum absolute atomic E-state index is 0.0934. The van der Waals surface area contributed by atoms with Gasteiger partial charge in [-0.05, 0) is 31.0 Å². The summed E-state index contributed by atoms with van der Waals surface area (Å²) >= 11 is 6.20. The second kappa shape index (κ2) is 8.69. The van der Waals surface area contributed by atoms with Crippen molar-refractivity contribution in [2.75, 3.05) is 6.61 Å². The number of hydrogen-bond donors (Lipinski definition) is 1. The van der Waals surface area contributed by atoms with Crippen LogP contribution in [0.4, 0.5) is 0 Å². The molecule has 0 spiro atoms. The molecule has 1 amide bonds. The summed E-state index contributed by atoms with van der Waals surface area (Å²) in [5.41, 5.74) is 0.989. The molecule has 4 nitrogen and oxygen atoms in total. The number of fused-ring (bicyclic) bond motifs is 1. The van der Waals surface area contributed by atoms with Crippen molar-refractivity contribution in [2.45, 2.75) is 19.4 Å². The highest BCUT2D eigenvalue weighted by atomic mass is 35.5. The predicted octanol–water partition coefficient (Wildman–Crippen LogP) is 4.19. The highest BCUT2D eigenvalue weighted by Crippen LogP contribution is 2.31. The summed E-state index contributed by atoms with van der Waals surface area (Å²) in [5, 5.41) is 5.08. The third-order valence-electron chi connectivity index (χ3n) is 4.30. The van der Waals surface area contributed by atoms with E-state index in [1.807, 2.05) is 54.6 Å². The van der Waals surface area contributed by atoms with Gasteiger partial charge in [-0.15, -0.1) is 0 Å². The van der Waals surface area contributed by atoms with Gasteiger partial charge in [0.2, 0.25) is 0 Å². The second-order valence-electron chi connectivity index (χ2n) is 6.30. The zero-order valence-corrected chi connectivity index (χ0v) is 15.7. The Morgan fingerprint density at radius 2 is 1.63 bits per heavy atom. The molecule has 5 heteroatoms. The van der Waals surface area contributed by atoms with Gasteiger partial charge in [0.1, 0.15) is 5.75 Å². The molecule has 0 bridgehead atoms. The van der Waals surface area contributed by atoms with E-state index in [0.29, 0.717) is 17.2 Å². The Bertz CT molecular complexity index is 956. The van der Waals surface area contributed by atoms with Gasteiger partial charge in [-0.2, -0.15) is 0 Å². The average Bonchev–Trinajstić information content (AvgIpc) is 2.68. The van der Waals surface area contributed by atoms with Gasteiger partial charge >= 0.3 is 0 Å². The molecule has 0 aliphatic heterocycles. The number of ether oxygens (including phenoxy) is 1. The number of halogens is 1. The van der Waals surface area contributed by atoms with Crippen molar-refractivity contribution in [3.8, 4) is 5.75 Å². The maximum atomic E-state index is 12.3. The van der Waals surface area contributed by atoms with Crippen LogP contribution in [-0.4, -0.2) is 24.3 Å². The van der Waals surface area contributed by atoms with Gasteiger partial charge < -0.3 is 10.1 Å². The van der Waals surface area contributed by atoms with Crippen molar-refractivity contribution in [1.82, 2.24) is 5.32 Å². The van der Waals surface area contributed by atoms with E-state index >= 15 is 0 Å². The molecule has 3 rings (SSSR count). The molecule has 0 radical (unpaired) electrons. The lowest BCUT2D eigenvalue weighted by Crippen LogP contribution is -2.43. The summed E-state index contributed by atoms with van der Waals surface area (Å²) < 4.78 is 5.68. The van der Waals surface area contributed by atoms with Crippen molar-refractivity contribution >= 4 is 34.1 Å². The Kier molecular flexibility index (Phi) is 6.09. The van der Waals surface area contributed by atoms with Crippen LogP contribution < -0.4 is 10.1 Å². The van der Waals surface area contributed by atoms with Crippen LogP contribution in [0, 0.1) is 0 Å². The molecule has 0 aliphatic rings. The maximum Gasteiger partial charge on any atom is 0.258 e. The number of carbonyl (C=O) groups excluding carboxylic acids is 2. The number of ketones is 1. The summed E-state index contributed by atoms with van der Waals surface area (Å²) in [6, 6.07) is 20.1. The quantitative estimate of drug-likeness (QED) is 0.667. The minimum atomic E-state index is -0.578. The van der Waals surface area contributed by atoms with E-state index in [1.165, 1.54) is 6.92 Å². The largest absolute Gasteiger partial charge is 0.483 e. The Hall–Kier alpha value is -2.85. The van der Waals surface area contributed by atoms with Crippen LogP contribution in [0.2, 0.25) is 5.02 Å². The molecule has 0 aromatic heterocycles. The van der Waals surface area contributed by atoms with Crippen LogP contribution in [0.3, 0.4) is 0 Å².